The van der Waals surface area contributed by atoms with Crippen LogP contribution in [0, 0.1) is 5.92 Å². The van der Waals surface area contributed by atoms with Crippen LogP contribution in [0.3, 0.4) is 0 Å². The van der Waals surface area contributed by atoms with E-state index in [9.17, 15) is 4.79 Å². The van der Waals surface area contributed by atoms with Gasteiger partial charge in [-0.05, 0) is 25.3 Å². The van der Waals surface area contributed by atoms with Gasteiger partial charge in [-0.25, -0.2) is 0 Å². The second-order valence-corrected chi connectivity index (χ2v) is 5.39. The summed E-state index contributed by atoms with van der Waals surface area (Å²) in [7, 11) is 0. The van der Waals surface area contributed by atoms with E-state index in [0.717, 1.165) is 19.6 Å². The fourth-order valence-corrected chi connectivity index (χ4v) is 2.69. The molecule has 0 aliphatic carbocycles. The van der Waals surface area contributed by atoms with E-state index in [0.29, 0.717) is 6.04 Å². The Morgan fingerprint density at radius 2 is 2.06 bits per heavy atom. The van der Waals surface area contributed by atoms with Crippen LogP contribution in [0.1, 0.15) is 26.7 Å². The Labute approximate surface area is 97.8 Å². The van der Waals surface area contributed by atoms with Crippen LogP contribution in [0.15, 0.2) is 0 Å². The lowest BCUT2D eigenvalue weighted by atomic mass is 10.0. The van der Waals surface area contributed by atoms with Gasteiger partial charge in [0.2, 0.25) is 5.91 Å². The highest BCUT2D eigenvalue weighted by Gasteiger charge is 2.34. The molecule has 2 heterocycles. The minimum atomic E-state index is -0.326. The zero-order valence-corrected chi connectivity index (χ0v) is 10.4. The quantitative estimate of drug-likeness (QED) is 0.734. The van der Waals surface area contributed by atoms with Crippen molar-refractivity contribution in [3.05, 3.63) is 0 Å². The Balaban J connectivity index is 1.93. The molecule has 92 valence electrons. The number of hydrogen-bond acceptors (Lipinski definition) is 3. The largest absolute Gasteiger partial charge is 0.338 e. The molecule has 1 unspecified atom stereocenters. The topological polar surface area (TPSA) is 49.6 Å². The monoisotopic (exact) mass is 225 g/mol. The molecule has 2 aliphatic heterocycles. The predicted molar refractivity (Wildman–Crippen MR) is 64.0 cm³/mol. The van der Waals surface area contributed by atoms with Gasteiger partial charge in [-0.2, -0.15) is 0 Å². The molecule has 2 aliphatic rings. The summed E-state index contributed by atoms with van der Waals surface area (Å²) in [6.45, 7) is 8.00. The van der Waals surface area contributed by atoms with E-state index in [4.69, 9.17) is 5.73 Å². The molecule has 2 saturated heterocycles. The van der Waals surface area contributed by atoms with Crippen LogP contribution in [0.25, 0.3) is 0 Å². The van der Waals surface area contributed by atoms with Crippen molar-refractivity contribution in [1.82, 2.24) is 9.80 Å². The van der Waals surface area contributed by atoms with Crippen LogP contribution in [0.4, 0.5) is 0 Å². The first kappa shape index (κ1) is 11.9. The zero-order valence-electron chi connectivity index (χ0n) is 10.4. The molecule has 4 nitrogen and oxygen atoms in total. The van der Waals surface area contributed by atoms with Crippen LogP contribution in [0.5, 0.6) is 0 Å². The molecule has 0 radical (unpaired) electrons. The van der Waals surface area contributed by atoms with Crippen LogP contribution >= 0.6 is 0 Å². The average Bonchev–Trinajstić information content (AvgIpc) is 2.73. The summed E-state index contributed by atoms with van der Waals surface area (Å²) >= 11 is 0. The second kappa shape index (κ2) is 4.72. The van der Waals surface area contributed by atoms with E-state index in [1.54, 1.807) is 0 Å². The highest BCUT2D eigenvalue weighted by atomic mass is 16.2. The molecule has 0 saturated carbocycles. The van der Waals surface area contributed by atoms with Crippen LogP contribution < -0.4 is 5.73 Å². The third kappa shape index (κ3) is 2.23. The Kier molecular flexibility index (Phi) is 3.50. The molecule has 4 heteroatoms. The summed E-state index contributed by atoms with van der Waals surface area (Å²) in [5.41, 5.74) is 5.92. The molecule has 0 spiro atoms. The lowest BCUT2D eigenvalue weighted by molar-refractivity contribution is -0.136. The number of nitrogens with two attached hydrogens (primary N) is 1. The van der Waals surface area contributed by atoms with Crippen molar-refractivity contribution in [1.29, 1.82) is 0 Å². The number of amides is 1. The number of nitrogens with zero attached hydrogens (tertiary/aromatic N) is 2. The molecule has 2 fully saturated rings. The SMILES string of the molecule is CC(C)[C@H](N)C(=O)N1CCN2CCCC2C1. The number of piperazine rings is 1. The van der Waals surface area contributed by atoms with Crippen molar-refractivity contribution in [2.24, 2.45) is 11.7 Å². The molecule has 16 heavy (non-hydrogen) atoms. The maximum atomic E-state index is 12.1. The molecule has 0 bridgehead atoms. The number of hydrogen-bond donors (Lipinski definition) is 1. The van der Waals surface area contributed by atoms with Crippen molar-refractivity contribution in [3.63, 3.8) is 0 Å². The molecule has 0 aromatic carbocycles. The standard InChI is InChI=1S/C12H23N3O/c1-9(2)11(13)12(16)15-7-6-14-5-3-4-10(14)8-15/h9-11H,3-8,13H2,1-2H3/t10?,11-/m0/s1. The van der Waals surface area contributed by atoms with E-state index in [1.165, 1.54) is 19.4 Å². The van der Waals surface area contributed by atoms with Gasteiger partial charge in [0.05, 0.1) is 6.04 Å². The van der Waals surface area contributed by atoms with Gasteiger partial charge in [0, 0.05) is 25.7 Å². The van der Waals surface area contributed by atoms with Gasteiger partial charge in [0.1, 0.15) is 0 Å². The highest BCUT2D eigenvalue weighted by molar-refractivity contribution is 5.82. The van der Waals surface area contributed by atoms with Crippen molar-refractivity contribution in [2.45, 2.75) is 38.8 Å². The zero-order chi connectivity index (χ0) is 11.7. The Hall–Kier alpha value is -0.610. The van der Waals surface area contributed by atoms with Gasteiger partial charge >= 0.3 is 0 Å². The molecule has 1 amide bonds. The normalized spacial score (nSPS) is 28.2. The summed E-state index contributed by atoms with van der Waals surface area (Å²) in [5.74, 6) is 0.371. The fourth-order valence-electron chi connectivity index (χ4n) is 2.69. The lowest BCUT2D eigenvalue weighted by Gasteiger charge is -2.38. The van der Waals surface area contributed by atoms with E-state index in [2.05, 4.69) is 4.90 Å². The number of carbonyl (C=O) groups is 1. The van der Waals surface area contributed by atoms with E-state index in [1.807, 2.05) is 18.7 Å². The Morgan fingerprint density at radius 3 is 2.75 bits per heavy atom. The van der Waals surface area contributed by atoms with Gasteiger partial charge in [-0.15, -0.1) is 0 Å². The summed E-state index contributed by atoms with van der Waals surface area (Å²) < 4.78 is 0. The Bertz CT molecular complexity index is 267. The molecule has 0 aromatic rings. The smallest absolute Gasteiger partial charge is 0.239 e. The summed E-state index contributed by atoms with van der Waals surface area (Å²) in [4.78, 5) is 16.6. The third-order valence-corrected chi connectivity index (χ3v) is 3.90. The first-order valence-corrected chi connectivity index (χ1v) is 6.38. The third-order valence-electron chi connectivity index (χ3n) is 3.90. The van der Waals surface area contributed by atoms with Gasteiger partial charge in [-0.1, -0.05) is 13.8 Å². The molecule has 0 aromatic heterocycles. The maximum absolute atomic E-state index is 12.1. The van der Waals surface area contributed by atoms with Crippen molar-refractivity contribution in [2.75, 3.05) is 26.2 Å². The molecular weight excluding hydrogens is 202 g/mol. The minimum absolute atomic E-state index is 0.140. The van der Waals surface area contributed by atoms with E-state index >= 15 is 0 Å². The first-order valence-electron chi connectivity index (χ1n) is 6.38. The number of carbonyl (C=O) groups excluding carboxylic acids is 1. The van der Waals surface area contributed by atoms with E-state index in [-0.39, 0.29) is 17.9 Å². The maximum Gasteiger partial charge on any atom is 0.239 e. The summed E-state index contributed by atoms with van der Waals surface area (Å²) in [6, 6.07) is 0.269. The van der Waals surface area contributed by atoms with Gasteiger partial charge in [-0.3, -0.25) is 9.69 Å². The molecule has 2 N–H and O–H groups in total. The highest BCUT2D eigenvalue weighted by Crippen LogP contribution is 2.22. The van der Waals surface area contributed by atoms with Crippen LogP contribution in [-0.2, 0) is 4.79 Å². The molecule has 2 atom stereocenters. The summed E-state index contributed by atoms with van der Waals surface area (Å²) in [5, 5.41) is 0. The fraction of sp³-hybridized carbons (Fsp3) is 0.917. The van der Waals surface area contributed by atoms with Gasteiger partial charge < -0.3 is 10.6 Å². The molecule has 2 rings (SSSR count). The number of fused-ring (bicyclic) bond motifs is 1. The predicted octanol–water partition coefficient (Wildman–Crippen LogP) is 0.276. The first-order chi connectivity index (χ1) is 7.59. The van der Waals surface area contributed by atoms with Gasteiger partial charge in [0.15, 0.2) is 0 Å². The number of rotatable bonds is 2. The van der Waals surface area contributed by atoms with Crippen LogP contribution in [-0.4, -0.2) is 54.0 Å². The van der Waals surface area contributed by atoms with Crippen molar-refractivity contribution >= 4 is 5.91 Å². The molecular formula is C12H23N3O. The second-order valence-electron chi connectivity index (χ2n) is 5.39. The lowest BCUT2D eigenvalue weighted by Crippen LogP contribution is -2.56. The van der Waals surface area contributed by atoms with Crippen LogP contribution in [0.2, 0.25) is 0 Å². The Morgan fingerprint density at radius 1 is 1.31 bits per heavy atom. The van der Waals surface area contributed by atoms with Crippen molar-refractivity contribution in [3.8, 4) is 0 Å². The van der Waals surface area contributed by atoms with Gasteiger partial charge in [0.25, 0.3) is 0 Å². The van der Waals surface area contributed by atoms with E-state index < -0.39 is 0 Å². The van der Waals surface area contributed by atoms with Crippen molar-refractivity contribution < 1.29 is 4.79 Å². The average molecular weight is 225 g/mol. The minimum Gasteiger partial charge on any atom is -0.338 e. The summed E-state index contributed by atoms with van der Waals surface area (Å²) in [6.07, 6.45) is 2.52.